The third-order valence-electron chi connectivity index (χ3n) is 2.28. The van der Waals surface area contributed by atoms with Crippen molar-refractivity contribution in [2.45, 2.75) is 13.8 Å². The number of urea groups is 1. The van der Waals surface area contributed by atoms with Gasteiger partial charge in [-0.1, -0.05) is 17.7 Å². The first-order chi connectivity index (χ1) is 8.56. The number of halogens is 1. The molecule has 0 radical (unpaired) electrons. The maximum atomic E-state index is 11.8. The number of carbonyl (C=O) groups is 1. The van der Waals surface area contributed by atoms with E-state index in [1.807, 2.05) is 0 Å². The molecule has 6 nitrogen and oxygen atoms in total. The van der Waals surface area contributed by atoms with E-state index in [2.05, 4.69) is 20.9 Å². The number of benzene rings is 1. The van der Waals surface area contributed by atoms with E-state index in [1.165, 1.54) is 4.68 Å². The van der Waals surface area contributed by atoms with Gasteiger partial charge in [0.15, 0.2) is 0 Å². The lowest BCUT2D eigenvalue weighted by atomic mass is 10.3. The largest absolute Gasteiger partial charge is 0.338 e. The molecule has 1 aromatic carbocycles. The Balaban J connectivity index is 2.06. The van der Waals surface area contributed by atoms with Crippen LogP contribution in [0.15, 0.2) is 24.3 Å². The third-order valence-corrected chi connectivity index (χ3v) is 2.52. The number of aromatic nitrogens is 3. The summed E-state index contributed by atoms with van der Waals surface area (Å²) < 4.78 is 1.50. The number of amides is 2. The van der Waals surface area contributed by atoms with E-state index >= 15 is 0 Å². The Morgan fingerprint density at radius 3 is 2.56 bits per heavy atom. The topological polar surface area (TPSA) is 71.8 Å². The highest BCUT2D eigenvalue weighted by Gasteiger charge is 2.08. The zero-order valence-corrected chi connectivity index (χ0v) is 10.7. The standard InChI is InChI=1S/C11H12ClN5O/c1-7-14-15-8(2)17(7)16-11(18)13-10-5-3-4-9(12)6-10/h3-6H,1-2H3,(H2,13,16,18). The average Bonchev–Trinajstić information content (AvgIpc) is 2.61. The Hall–Kier alpha value is -2.08. The summed E-state index contributed by atoms with van der Waals surface area (Å²) in [5, 5.41) is 10.9. The summed E-state index contributed by atoms with van der Waals surface area (Å²) in [7, 11) is 0. The molecule has 0 unspecified atom stereocenters. The van der Waals surface area contributed by atoms with Crippen molar-refractivity contribution in [2.75, 3.05) is 10.7 Å². The molecule has 0 aliphatic rings. The Labute approximate surface area is 109 Å². The molecule has 7 heteroatoms. The number of aryl methyl sites for hydroxylation is 2. The van der Waals surface area contributed by atoms with E-state index in [0.29, 0.717) is 22.4 Å². The highest BCUT2D eigenvalue weighted by Crippen LogP contribution is 2.14. The van der Waals surface area contributed by atoms with Crippen LogP contribution in [0, 0.1) is 13.8 Å². The van der Waals surface area contributed by atoms with E-state index in [0.717, 1.165) is 0 Å². The summed E-state index contributed by atoms with van der Waals surface area (Å²) in [5.74, 6) is 1.21. The first kappa shape index (κ1) is 12.4. The molecule has 0 saturated carbocycles. The summed E-state index contributed by atoms with van der Waals surface area (Å²) in [4.78, 5) is 11.8. The summed E-state index contributed by atoms with van der Waals surface area (Å²) in [5.41, 5.74) is 3.24. The predicted octanol–water partition coefficient (Wildman–Crippen LogP) is 2.32. The van der Waals surface area contributed by atoms with Gasteiger partial charge in [-0.3, -0.25) is 0 Å². The lowest BCUT2D eigenvalue weighted by molar-refractivity contribution is 0.259. The van der Waals surface area contributed by atoms with Crippen LogP contribution >= 0.6 is 11.6 Å². The highest BCUT2D eigenvalue weighted by atomic mass is 35.5. The van der Waals surface area contributed by atoms with Crippen LogP contribution in [0.5, 0.6) is 0 Å². The lowest BCUT2D eigenvalue weighted by Crippen LogP contribution is -2.29. The van der Waals surface area contributed by atoms with Crippen molar-refractivity contribution in [3.8, 4) is 0 Å². The smallest absolute Gasteiger partial charge is 0.307 e. The van der Waals surface area contributed by atoms with Gasteiger partial charge in [-0.2, -0.15) is 0 Å². The molecule has 0 bridgehead atoms. The van der Waals surface area contributed by atoms with E-state index < -0.39 is 0 Å². The summed E-state index contributed by atoms with van der Waals surface area (Å²) in [6, 6.07) is 6.51. The summed E-state index contributed by atoms with van der Waals surface area (Å²) in [6.45, 7) is 3.50. The van der Waals surface area contributed by atoms with Crippen LogP contribution in [0.4, 0.5) is 10.5 Å². The number of nitrogens with one attached hydrogen (secondary N) is 2. The maximum Gasteiger partial charge on any atom is 0.338 e. The van der Waals surface area contributed by atoms with Gasteiger partial charge in [-0.25, -0.2) is 14.9 Å². The molecule has 2 rings (SSSR count). The van der Waals surface area contributed by atoms with Gasteiger partial charge in [-0.05, 0) is 32.0 Å². The highest BCUT2D eigenvalue weighted by molar-refractivity contribution is 6.30. The second-order valence-corrected chi connectivity index (χ2v) is 4.14. The molecule has 1 heterocycles. The fourth-order valence-electron chi connectivity index (χ4n) is 1.46. The molecule has 0 spiro atoms. The Morgan fingerprint density at radius 1 is 1.28 bits per heavy atom. The predicted molar refractivity (Wildman–Crippen MR) is 69.3 cm³/mol. The van der Waals surface area contributed by atoms with Gasteiger partial charge in [-0.15, -0.1) is 10.2 Å². The first-order valence-electron chi connectivity index (χ1n) is 5.28. The van der Waals surface area contributed by atoms with E-state index in [9.17, 15) is 4.79 Å². The van der Waals surface area contributed by atoms with Crippen LogP contribution in [0.25, 0.3) is 0 Å². The number of nitrogens with zero attached hydrogens (tertiary/aromatic N) is 3. The van der Waals surface area contributed by atoms with Crippen molar-refractivity contribution in [1.82, 2.24) is 14.9 Å². The number of hydrogen-bond donors (Lipinski definition) is 2. The minimum Gasteiger partial charge on any atom is -0.307 e. The van der Waals surface area contributed by atoms with Crippen molar-refractivity contribution in [3.63, 3.8) is 0 Å². The van der Waals surface area contributed by atoms with Crippen molar-refractivity contribution in [1.29, 1.82) is 0 Å². The van der Waals surface area contributed by atoms with Crippen LogP contribution in [-0.2, 0) is 0 Å². The van der Waals surface area contributed by atoms with Gasteiger partial charge in [0.25, 0.3) is 0 Å². The van der Waals surface area contributed by atoms with Gasteiger partial charge in [0.05, 0.1) is 0 Å². The van der Waals surface area contributed by atoms with Gasteiger partial charge in [0.2, 0.25) is 0 Å². The molecular formula is C11H12ClN5O. The maximum absolute atomic E-state index is 11.8. The number of carbonyl (C=O) groups excluding carboxylic acids is 1. The fourth-order valence-corrected chi connectivity index (χ4v) is 1.65. The molecule has 0 fully saturated rings. The molecule has 0 saturated heterocycles. The van der Waals surface area contributed by atoms with Gasteiger partial charge < -0.3 is 5.32 Å². The van der Waals surface area contributed by atoms with E-state index in [4.69, 9.17) is 11.6 Å². The molecule has 1 aromatic heterocycles. The van der Waals surface area contributed by atoms with Crippen molar-refractivity contribution >= 4 is 23.3 Å². The van der Waals surface area contributed by atoms with Crippen LogP contribution in [0.2, 0.25) is 5.02 Å². The second kappa shape index (κ2) is 5.05. The van der Waals surface area contributed by atoms with Crippen LogP contribution in [-0.4, -0.2) is 20.9 Å². The molecule has 2 N–H and O–H groups in total. The summed E-state index contributed by atoms with van der Waals surface area (Å²) in [6.07, 6.45) is 0. The van der Waals surface area contributed by atoms with Gasteiger partial charge >= 0.3 is 6.03 Å². The van der Waals surface area contributed by atoms with Crippen LogP contribution in [0.3, 0.4) is 0 Å². The van der Waals surface area contributed by atoms with Crippen LogP contribution < -0.4 is 10.7 Å². The third kappa shape index (κ3) is 2.78. The molecule has 0 atom stereocenters. The molecule has 94 valence electrons. The quantitative estimate of drug-likeness (QED) is 0.875. The number of anilines is 1. The Morgan fingerprint density at radius 2 is 1.94 bits per heavy atom. The molecule has 18 heavy (non-hydrogen) atoms. The van der Waals surface area contributed by atoms with Crippen molar-refractivity contribution in [3.05, 3.63) is 40.9 Å². The second-order valence-electron chi connectivity index (χ2n) is 3.71. The SMILES string of the molecule is Cc1nnc(C)n1NC(=O)Nc1cccc(Cl)c1. The minimum absolute atomic E-state index is 0.386. The zero-order valence-electron chi connectivity index (χ0n) is 9.94. The Bertz CT molecular complexity index is 561. The van der Waals surface area contributed by atoms with Gasteiger partial charge in [0, 0.05) is 10.7 Å². The van der Waals surface area contributed by atoms with E-state index in [-0.39, 0.29) is 6.03 Å². The lowest BCUT2D eigenvalue weighted by Gasteiger charge is -2.10. The molecule has 0 aliphatic carbocycles. The number of hydrogen-bond acceptors (Lipinski definition) is 3. The molecular weight excluding hydrogens is 254 g/mol. The average molecular weight is 266 g/mol. The monoisotopic (exact) mass is 265 g/mol. The van der Waals surface area contributed by atoms with E-state index in [1.54, 1.807) is 38.1 Å². The minimum atomic E-state index is -0.386. The molecule has 2 amide bonds. The zero-order chi connectivity index (χ0) is 13.1. The normalized spacial score (nSPS) is 10.2. The van der Waals surface area contributed by atoms with Crippen molar-refractivity contribution in [2.24, 2.45) is 0 Å². The van der Waals surface area contributed by atoms with Gasteiger partial charge in [0.1, 0.15) is 11.6 Å². The molecule has 2 aromatic rings. The van der Waals surface area contributed by atoms with Crippen LogP contribution in [0.1, 0.15) is 11.6 Å². The molecule has 0 aliphatic heterocycles. The fraction of sp³-hybridized carbons (Fsp3) is 0.182. The summed E-state index contributed by atoms with van der Waals surface area (Å²) >= 11 is 5.82. The Kier molecular flexibility index (Phi) is 3.47. The van der Waals surface area contributed by atoms with Crippen molar-refractivity contribution < 1.29 is 4.79 Å². The number of rotatable bonds is 2. The first-order valence-corrected chi connectivity index (χ1v) is 5.66.